The molecule has 0 spiro atoms. The zero-order valence-corrected chi connectivity index (χ0v) is 11.3. The van der Waals surface area contributed by atoms with E-state index in [0.29, 0.717) is 19.5 Å². The van der Waals surface area contributed by atoms with Crippen molar-refractivity contribution in [3.05, 3.63) is 23.8 Å². The van der Waals surface area contributed by atoms with Gasteiger partial charge in [0.1, 0.15) is 0 Å². The van der Waals surface area contributed by atoms with Crippen LogP contribution in [0.25, 0.3) is 0 Å². The van der Waals surface area contributed by atoms with Gasteiger partial charge in [0.15, 0.2) is 0 Å². The van der Waals surface area contributed by atoms with Crippen LogP contribution in [0.5, 0.6) is 0 Å². The van der Waals surface area contributed by atoms with E-state index in [9.17, 15) is 18.0 Å². The van der Waals surface area contributed by atoms with E-state index in [4.69, 9.17) is 5.73 Å². The summed E-state index contributed by atoms with van der Waals surface area (Å²) >= 11 is 0. The van der Waals surface area contributed by atoms with E-state index in [-0.39, 0.29) is 29.2 Å². The number of carbonyl (C=O) groups excluding carboxylic acids is 1. The highest BCUT2D eigenvalue weighted by atomic mass is 19.4. The van der Waals surface area contributed by atoms with E-state index in [2.05, 4.69) is 5.32 Å². The molecule has 2 aliphatic heterocycles. The fourth-order valence-corrected chi connectivity index (χ4v) is 3.28. The molecule has 4 nitrogen and oxygen atoms in total. The molecule has 21 heavy (non-hydrogen) atoms. The molecular formula is C14H16F3N3O. The number of hydrogen-bond acceptors (Lipinski definition) is 3. The molecule has 0 bridgehead atoms. The van der Waals surface area contributed by atoms with Gasteiger partial charge >= 0.3 is 6.18 Å². The Morgan fingerprint density at radius 1 is 1.33 bits per heavy atom. The standard InChI is InChI=1S/C14H16F3N3O/c15-14(16,17)10-6-8(18)3-4-11(10)20-5-1-2-9-12(20)7-19-13(9)21/h3-4,6,9,12H,1-2,5,7,18H2,(H,19,21). The van der Waals surface area contributed by atoms with Gasteiger partial charge in [-0.15, -0.1) is 0 Å². The first-order chi connectivity index (χ1) is 9.88. The Hall–Kier alpha value is -1.92. The van der Waals surface area contributed by atoms with Crippen LogP contribution in [-0.2, 0) is 11.0 Å². The van der Waals surface area contributed by atoms with Crippen molar-refractivity contribution in [2.24, 2.45) is 5.92 Å². The lowest BCUT2D eigenvalue weighted by Crippen LogP contribution is -2.46. The highest BCUT2D eigenvalue weighted by molar-refractivity contribution is 5.83. The highest BCUT2D eigenvalue weighted by Gasteiger charge is 2.43. The van der Waals surface area contributed by atoms with Gasteiger partial charge in [-0.25, -0.2) is 0 Å². The maximum Gasteiger partial charge on any atom is 0.418 e. The Labute approximate surface area is 120 Å². The summed E-state index contributed by atoms with van der Waals surface area (Å²) in [6.07, 6.45) is -3.03. The normalized spacial score (nSPS) is 25.7. The number of piperidine rings is 1. The number of amides is 1. The second kappa shape index (κ2) is 4.82. The number of nitrogens with two attached hydrogens (primary N) is 1. The monoisotopic (exact) mass is 299 g/mol. The lowest BCUT2D eigenvalue weighted by Gasteiger charge is -2.39. The molecule has 0 radical (unpaired) electrons. The summed E-state index contributed by atoms with van der Waals surface area (Å²) in [5, 5.41) is 2.74. The van der Waals surface area contributed by atoms with Gasteiger partial charge in [0, 0.05) is 24.5 Å². The summed E-state index contributed by atoms with van der Waals surface area (Å²) in [7, 11) is 0. The van der Waals surface area contributed by atoms with Crippen LogP contribution < -0.4 is 16.0 Å². The van der Waals surface area contributed by atoms with Gasteiger partial charge in [-0.3, -0.25) is 4.79 Å². The van der Waals surface area contributed by atoms with Crippen LogP contribution >= 0.6 is 0 Å². The molecular weight excluding hydrogens is 283 g/mol. The van der Waals surface area contributed by atoms with Crippen molar-refractivity contribution < 1.29 is 18.0 Å². The molecule has 1 aromatic rings. The van der Waals surface area contributed by atoms with Crippen LogP contribution in [0.3, 0.4) is 0 Å². The van der Waals surface area contributed by atoms with E-state index >= 15 is 0 Å². The van der Waals surface area contributed by atoms with Crippen molar-refractivity contribution in [1.29, 1.82) is 0 Å². The van der Waals surface area contributed by atoms with Crippen molar-refractivity contribution in [3.63, 3.8) is 0 Å². The average Bonchev–Trinajstić information content (AvgIpc) is 2.80. The first-order valence-corrected chi connectivity index (χ1v) is 6.89. The summed E-state index contributed by atoms with van der Waals surface area (Å²) in [6, 6.07) is 3.63. The minimum atomic E-state index is -4.46. The van der Waals surface area contributed by atoms with Gasteiger partial charge in [0.2, 0.25) is 5.91 Å². The number of alkyl halides is 3. The quantitative estimate of drug-likeness (QED) is 0.780. The molecule has 7 heteroatoms. The number of anilines is 2. The van der Waals surface area contributed by atoms with E-state index < -0.39 is 11.7 Å². The molecule has 114 valence electrons. The smallest absolute Gasteiger partial charge is 0.399 e. The predicted molar refractivity (Wildman–Crippen MR) is 72.7 cm³/mol. The Bertz CT molecular complexity index is 573. The number of nitrogens with one attached hydrogen (secondary N) is 1. The molecule has 3 rings (SSSR count). The van der Waals surface area contributed by atoms with E-state index in [1.165, 1.54) is 12.1 Å². The van der Waals surface area contributed by atoms with Gasteiger partial charge in [-0.05, 0) is 31.0 Å². The van der Waals surface area contributed by atoms with Gasteiger partial charge < -0.3 is 16.0 Å². The molecule has 1 aromatic carbocycles. The number of benzene rings is 1. The van der Waals surface area contributed by atoms with Crippen LogP contribution in [0.2, 0.25) is 0 Å². The summed E-state index contributed by atoms with van der Waals surface area (Å²) in [6.45, 7) is 0.911. The van der Waals surface area contributed by atoms with Crippen LogP contribution in [0.1, 0.15) is 18.4 Å². The summed E-state index contributed by atoms with van der Waals surface area (Å²) in [4.78, 5) is 13.4. The number of rotatable bonds is 1. The second-order valence-corrected chi connectivity index (χ2v) is 5.53. The third-order valence-corrected chi connectivity index (χ3v) is 4.24. The Morgan fingerprint density at radius 2 is 2.10 bits per heavy atom. The SMILES string of the molecule is Nc1ccc(N2CCCC3C(=O)NCC32)c(C(F)(F)F)c1. The van der Waals surface area contributed by atoms with Crippen molar-refractivity contribution in [3.8, 4) is 0 Å². The third kappa shape index (κ3) is 2.41. The van der Waals surface area contributed by atoms with Crippen LogP contribution in [0.4, 0.5) is 24.5 Å². The first-order valence-electron chi connectivity index (χ1n) is 6.89. The minimum absolute atomic E-state index is 0.0614. The van der Waals surface area contributed by atoms with Gasteiger partial charge in [0.05, 0.1) is 17.5 Å². The molecule has 0 aliphatic carbocycles. The minimum Gasteiger partial charge on any atom is -0.399 e. The zero-order valence-electron chi connectivity index (χ0n) is 11.3. The van der Waals surface area contributed by atoms with Crippen molar-refractivity contribution in [1.82, 2.24) is 5.32 Å². The average molecular weight is 299 g/mol. The predicted octanol–water partition coefficient (Wildman–Crippen LogP) is 2.00. The van der Waals surface area contributed by atoms with E-state index in [0.717, 1.165) is 12.5 Å². The Balaban J connectivity index is 2.02. The Morgan fingerprint density at radius 3 is 2.81 bits per heavy atom. The lowest BCUT2D eigenvalue weighted by molar-refractivity contribution is -0.137. The number of hydrogen-bond donors (Lipinski definition) is 2. The maximum absolute atomic E-state index is 13.2. The Kier molecular flexibility index (Phi) is 3.22. The molecule has 0 aromatic heterocycles. The molecule has 3 N–H and O–H groups in total. The lowest BCUT2D eigenvalue weighted by atomic mass is 9.90. The molecule has 1 amide bonds. The van der Waals surface area contributed by atoms with Gasteiger partial charge in [-0.1, -0.05) is 0 Å². The number of nitrogen functional groups attached to an aromatic ring is 1. The fraction of sp³-hybridized carbons (Fsp3) is 0.500. The topological polar surface area (TPSA) is 58.4 Å². The molecule has 2 saturated heterocycles. The molecule has 2 unspecified atom stereocenters. The zero-order chi connectivity index (χ0) is 15.2. The van der Waals surface area contributed by atoms with Crippen molar-refractivity contribution in [2.45, 2.75) is 25.1 Å². The summed E-state index contributed by atoms with van der Waals surface area (Å²) in [5.41, 5.74) is 4.96. The van der Waals surface area contributed by atoms with Crippen LogP contribution in [0.15, 0.2) is 18.2 Å². The van der Waals surface area contributed by atoms with E-state index in [1.807, 2.05) is 0 Å². The van der Waals surface area contributed by atoms with Gasteiger partial charge in [0.25, 0.3) is 0 Å². The molecule has 2 heterocycles. The van der Waals surface area contributed by atoms with Crippen molar-refractivity contribution in [2.75, 3.05) is 23.7 Å². The third-order valence-electron chi connectivity index (χ3n) is 4.24. The second-order valence-electron chi connectivity index (χ2n) is 5.53. The maximum atomic E-state index is 13.2. The van der Waals surface area contributed by atoms with Crippen LogP contribution in [-0.4, -0.2) is 25.0 Å². The first kappa shape index (κ1) is 14.0. The summed E-state index contributed by atoms with van der Waals surface area (Å²) < 4.78 is 39.7. The van der Waals surface area contributed by atoms with Crippen molar-refractivity contribution >= 4 is 17.3 Å². The number of nitrogens with zero attached hydrogens (tertiary/aromatic N) is 1. The van der Waals surface area contributed by atoms with Gasteiger partial charge in [-0.2, -0.15) is 13.2 Å². The van der Waals surface area contributed by atoms with Crippen LogP contribution in [0, 0.1) is 5.92 Å². The number of fused-ring (bicyclic) bond motifs is 1. The van der Waals surface area contributed by atoms with E-state index in [1.54, 1.807) is 4.90 Å². The molecule has 0 saturated carbocycles. The molecule has 2 fully saturated rings. The number of carbonyl (C=O) groups is 1. The number of halogens is 3. The fourth-order valence-electron chi connectivity index (χ4n) is 3.28. The molecule has 2 atom stereocenters. The highest BCUT2D eigenvalue weighted by Crippen LogP contribution is 2.41. The summed E-state index contributed by atoms with van der Waals surface area (Å²) in [5.74, 6) is -0.286. The largest absolute Gasteiger partial charge is 0.418 e. The molecule has 2 aliphatic rings.